The lowest BCUT2D eigenvalue weighted by molar-refractivity contribution is 0.412. The van der Waals surface area contributed by atoms with E-state index in [-0.39, 0.29) is 0 Å². The highest BCUT2D eigenvalue weighted by atomic mass is 16.5. The van der Waals surface area contributed by atoms with Crippen LogP contribution in [-0.4, -0.2) is 17.1 Å². The molecule has 2 aromatic carbocycles. The summed E-state index contributed by atoms with van der Waals surface area (Å²) in [5.74, 6) is 2.17. The Kier molecular flexibility index (Phi) is 4.70. The third-order valence-corrected chi connectivity index (χ3v) is 3.77. The van der Waals surface area contributed by atoms with E-state index in [1.807, 2.05) is 38.1 Å². The third kappa shape index (κ3) is 3.80. The molecule has 0 spiro atoms. The lowest BCUT2D eigenvalue weighted by atomic mass is 10.1. The van der Waals surface area contributed by atoms with Gasteiger partial charge in [0.05, 0.1) is 7.11 Å². The maximum atomic E-state index is 6.19. The maximum Gasteiger partial charge on any atom is 0.248 e. The number of hydrogen-bond acceptors (Lipinski definition) is 6. The number of aryl methyl sites for hydroxylation is 2. The Morgan fingerprint density at radius 2 is 1.68 bits per heavy atom. The second-order valence-corrected chi connectivity index (χ2v) is 5.66. The largest absolute Gasteiger partial charge is 0.497 e. The summed E-state index contributed by atoms with van der Waals surface area (Å²) in [5, 5.41) is 3.25. The maximum absolute atomic E-state index is 6.19. The number of anilines is 3. The molecule has 3 rings (SSSR count). The molecule has 128 valence electrons. The summed E-state index contributed by atoms with van der Waals surface area (Å²) in [5.41, 5.74) is 9.72. The molecule has 0 aliphatic heterocycles. The van der Waals surface area contributed by atoms with Crippen LogP contribution in [0.4, 0.5) is 17.2 Å². The topological polar surface area (TPSA) is 82.3 Å². The van der Waals surface area contributed by atoms with Crippen LogP contribution in [0.1, 0.15) is 11.1 Å². The number of nitrogens with one attached hydrogen (secondary N) is 1. The normalized spacial score (nSPS) is 10.4. The summed E-state index contributed by atoms with van der Waals surface area (Å²) in [6.45, 7) is 4.06. The molecule has 0 aliphatic carbocycles. The first-order chi connectivity index (χ1) is 12.1. The monoisotopic (exact) mass is 336 g/mol. The van der Waals surface area contributed by atoms with E-state index >= 15 is 0 Å². The fraction of sp³-hybridized carbons (Fsp3) is 0.158. The highest BCUT2D eigenvalue weighted by molar-refractivity contribution is 5.73. The van der Waals surface area contributed by atoms with E-state index in [2.05, 4.69) is 21.4 Å². The van der Waals surface area contributed by atoms with Gasteiger partial charge in [-0.1, -0.05) is 12.1 Å². The van der Waals surface area contributed by atoms with E-state index in [0.29, 0.717) is 23.1 Å². The number of nitrogens with two attached hydrogens (primary N) is 1. The van der Waals surface area contributed by atoms with Crippen molar-refractivity contribution in [3.63, 3.8) is 0 Å². The molecule has 1 aromatic heterocycles. The lowest BCUT2D eigenvalue weighted by Gasteiger charge is -2.13. The summed E-state index contributed by atoms with van der Waals surface area (Å²) in [4.78, 5) is 8.36. The molecule has 0 radical (unpaired) electrons. The molecular formula is C19H20N4O2. The molecular weight excluding hydrogens is 316 g/mol. The van der Waals surface area contributed by atoms with Gasteiger partial charge in [-0.25, -0.2) is 4.98 Å². The molecule has 6 heteroatoms. The smallest absolute Gasteiger partial charge is 0.248 e. The highest BCUT2D eigenvalue weighted by Gasteiger charge is 2.11. The first kappa shape index (κ1) is 16.6. The quantitative estimate of drug-likeness (QED) is 0.726. The van der Waals surface area contributed by atoms with Crippen LogP contribution in [0.25, 0.3) is 0 Å². The molecule has 3 N–H and O–H groups in total. The molecule has 0 bridgehead atoms. The number of nitrogens with zero attached hydrogens (tertiary/aromatic N) is 2. The first-order valence-corrected chi connectivity index (χ1v) is 7.83. The Morgan fingerprint density at radius 3 is 2.40 bits per heavy atom. The average molecular weight is 336 g/mol. The molecule has 0 saturated heterocycles. The number of nitrogen functional groups attached to an aromatic ring is 1. The third-order valence-electron chi connectivity index (χ3n) is 3.77. The zero-order chi connectivity index (χ0) is 17.8. The molecule has 6 nitrogen and oxygen atoms in total. The summed E-state index contributed by atoms with van der Waals surface area (Å²) >= 11 is 0. The Bertz CT molecular complexity index is 879. The average Bonchev–Trinajstić information content (AvgIpc) is 2.62. The van der Waals surface area contributed by atoms with Crippen molar-refractivity contribution in [2.24, 2.45) is 0 Å². The SMILES string of the molecule is COc1ccc(Oc2ncnc(Nc3cc(C)ccc3C)c2N)cc1. The summed E-state index contributed by atoms with van der Waals surface area (Å²) in [6, 6.07) is 13.3. The molecule has 0 fully saturated rings. The van der Waals surface area contributed by atoms with Crippen LogP contribution in [0.5, 0.6) is 17.4 Å². The van der Waals surface area contributed by atoms with Gasteiger partial charge < -0.3 is 20.5 Å². The standard InChI is InChI=1S/C19H20N4O2/c1-12-4-5-13(2)16(10-12)23-18-17(20)19(22-11-21-18)25-15-8-6-14(24-3)7-9-15/h4-11H,20H2,1-3H3,(H,21,22,23). The Morgan fingerprint density at radius 1 is 0.960 bits per heavy atom. The molecule has 0 unspecified atom stereocenters. The van der Waals surface area contributed by atoms with Gasteiger partial charge in [-0.2, -0.15) is 4.98 Å². The van der Waals surface area contributed by atoms with Crippen LogP contribution >= 0.6 is 0 Å². The van der Waals surface area contributed by atoms with E-state index in [0.717, 1.165) is 22.6 Å². The lowest BCUT2D eigenvalue weighted by Crippen LogP contribution is -2.04. The second kappa shape index (κ2) is 7.09. The van der Waals surface area contributed by atoms with Crippen molar-refractivity contribution in [2.45, 2.75) is 13.8 Å². The number of rotatable bonds is 5. The molecule has 25 heavy (non-hydrogen) atoms. The molecule has 3 aromatic rings. The molecule has 0 atom stereocenters. The van der Waals surface area contributed by atoms with E-state index in [9.17, 15) is 0 Å². The Balaban J connectivity index is 1.85. The predicted molar refractivity (Wildman–Crippen MR) is 98.7 cm³/mol. The number of methoxy groups -OCH3 is 1. The van der Waals surface area contributed by atoms with E-state index in [1.54, 1.807) is 19.2 Å². The minimum absolute atomic E-state index is 0.299. The van der Waals surface area contributed by atoms with E-state index in [1.165, 1.54) is 6.33 Å². The van der Waals surface area contributed by atoms with Crippen LogP contribution in [-0.2, 0) is 0 Å². The number of ether oxygens (including phenoxy) is 2. The van der Waals surface area contributed by atoms with Crippen molar-refractivity contribution in [2.75, 3.05) is 18.2 Å². The number of hydrogen-bond donors (Lipinski definition) is 2. The highest BCUT2D eigenvalue weighted by Crippen LogP contribution is 2.32. The van der Waals surface area contributed by atoms with Gasteiger partial charge in [0.25, 0.3) is 0 Å². The molecule has 0 amide bonds. The van der Waals surface area contributed by atoms with Crippen LogP contribution in [0.2, 0.25) is 0 Å². The zero-order valence-electron chi connectivity index (χ0n) is 14.4. The first-order valence-electron chi connectivity index (χ1n) is 7.83. The fourth-order valence-corrected chi connectivity index (χ4v) is 2.31. The zero-order valence-corrected chi connectivity index (χ0v) is 14.4. The minimum Gasteiger partial charge on any atom is -0.497 e. The summed E-state index contributed by atoms with van der Waals surface area (Å²) in [6.07, 6.45) is 1.42. The van der Waals surface area contributed by atoms with Gasteiger partial charge in [-0.05, 0) is 55.3 Å². The summed E-state index contributed by atoms with van der Waals surface area (Å²) in [7, 11) is 1.61. The second-order valence-electron chi connectivity index (χ2n) is 5.66. The number of aromatic nitrogens is 2. The summed E-state index contributed by atoms with van der Waals surface area (Å²) < 4.78 is 10.9. The van der Waals surface area contributed by atoms with Gasteiger partial charge in [0, 0.05) is 5.69 Å². The van der Waals surface area contributed by atoms with E-state index < -0.39 is 0 Å². The van der Waals surface area contributed by atoms with Crippen LogP contribution in [0.3, 0.4) is 0 Å². The fourth-order valence-electron chi connectivity index (χ4n) is 2.31. The van der Waals surface area contributed by atoms with E-state index in [4.69, 9.17) is 15.2 Å². The minimum atomic E-state index is 0.299. The van der Waals surface area contributed by atoms with Gasteiger partial charge in [0.15, 0.2) is 5.82 Å². The van der Waals surface area contributed by atoms with Crippen LogP contribution in [0.15, 0.2) is 48.8 Å². The van der Waals surface area contributed by atoms with Gasteiger partial charge in [0.2, 0.25) is 5.88 Å². The van der Waals surface area contributed by atoms with Gasteiger partial charge >= 0.3 is 0 Å². The van der Waals surface area contributed by atoms with Gasteiger partial charge in [0.1, 0.15) is 23.5 Å². The molecule has 0 saturated carbocycles. The molecule has 0 aliphatic rings. The predicted octanol–water partition coefficient (Wildman–Crippen LogP) is 4.22. The van der Waals surface area contributed by atoms with Crippen LogP contribution in [0, 0.1) is 13.8 Å². The van der Waals surface area contributed by atoms with Crippen molar-refractivity contribution in [3.05, 3.63) is 59.9 Å². The number of benzene rings is 2. The van der Waals surface area contributed by atoms with Crippen LogP contribution < -0.4 is 20.5 Å². The van der Waals surface area contributed by atoms with Gasteiger partial charge in [-0.3, -0.25) is 0 Å². The van der Waals surface area contributed by atoms with Crippen molar-refractivity contribution in [1.82, 2.24) is 9.97 Å². The molecule has 1 heterocycles. The van der Waals surface area contributed by atoms with Gasteiger partial charge in [-0.15, -0.1) is 0 Å². The van der Waals surface area contributed by atoms with Crippen molar-refractivity contribution in [3.8, 4) is 17.4 Å². The Labute approximate surface area is 146 Å². The van der Waals surface area contributed by atoms with Crippen molar-refractivity contribution in [1.29, 1.82) is 0 Å². The Hall–Kier alpha value is -3.28. The van der Waals surface area contributed by atoms with Crippen molar-refractivity contribution < 1.29 is 9.47 Å². The van der Waals surface area contributed by atoms with Crippen molar-refractivity contribution >= 4 is 17.2 Å².